The van der Waals surface area contributed by atoms with E-state index in [0.717, 1.165) is 0 Å². The molecule has 86 valence electrons. The molecule has 16 heavy (non-hydrogen) atoms. The molecule has 0 aliphatic carbocycles. The fraction of sp³-hybridized carbons (Fsp3) is 0.400. The predicted octanol–water partition coefficient (Wildman–Crippen LogP) is 1.33. The van der Waals surface area contributed by atoms with E-state index in [1.807, 2.05) is 0 Å². The molecule has 1 aliphatic rings. The second kappa shape index (κ2) is 4.67. The molecule has 0 saturated carbocycles. The maximum Gasteiger partial charge on any atom is 0.321 e. The van der Waals surface area contributed by atoms with E-state index in [1.54, 1.807) is 17.0 Å². The molecule has 1 fully saturated rings. The van der Waals surface area contributed by atoms with Crippen molar-refractivity contribution in [1.82, 2.24) is 9.88 Å². The summed E-state index contributed by atoms with van der Waals surface area (Å²) < 4.78 is 0. The Labute approximate surface area is 98.0 Å². The Kier molecular flexibility index (Phi) is 3.26. The molecule has 1 atom stereocenters. The Bertz CT molecular complexity index is 382. The molecule has 1 aliphatic heterocycles. The van der Waals surface area contributed by atoms with Crippen LogP contribution in [0.1, 0.15) is 6.42 Å². The largest absolute Gasteiger partial charge is 0.391 e. The van der Waals surface area contributed by atoms with E-state index >= 15 is 0 Å². The van der Waals surface area contributed by atoms with Crippen LogP contribution in [-0.2, 0) is 0 Å². The normalized spacial score (nSPS) is 19.9. The number of aliphatic hydroxyl groups is 1. The number of urea groups is 1. The number of carbonyl (C=O) groups is 1. The fourth-order valence-electron chi connectivity index (χ4n) is 1.58. The van der Waals surface area contributed by atoms with Gasteiger partial charge in [0.25, 0.3) is 0 Å². The molecule has 0 bridgehead atoms. The van der Waals surface area contributed by atoms with E-state index in [-0.39, 0.29) is 6.03 Å². The van der Waals surface area contributed by atoms with Gasteiger partial charge < -0.3 is 15.3 Å². The van der Waals surface area contributed by atoms with Crippen molar-refractivity contribution >= 4 is 23.3 Å². The van der Waals surface area contributed by atoms with Crippen molar-refractivity contribution in [2.24, 2.45) is 0 Å². The van der Waals surface area contributed by atoms with E-state index in [9.17, 15) is 9.90 Å². The van der Waals surface area contributed by atoms with Crippen LogP contribution in [0.3, 0.4) is 0 Å². The third-order valence-corrected chi connectivity index (χ3v) is 2.65. The van der Waals surface area contributed by atoms with E-state index < -0.39 is 6.10 Å². The molecule has 0 aromatic carbocycles. The highest BCUT2D eigenvalue weighted by atomic mass is 35.5. The molecule has 1 aromatic heterocycles. The average Bonchev–Trinajstić information content (AvgIpc) is 2.68. The number of β-amino-alcohol motifs (C(OH)–C–C–N with tert-alkyl or cyclic N) is 1. The smallest absolute Gasteiger partial charge is 0.321 e. The Hall–Kier alpha value is -1.33. The topological polar surface area (TPSA) is 65.5 Å². The molecule has 2 rings (SSSR count). The first-order valence-corrected chi connectivity index (χ1v) is 5.38. The summed E-state index contributed by atoms with van der Waals surface area (Å²) in [6.07, 6.45) is 1.72. The number of nitrogens with zero attached hydrogens (tertiary/aromatic N) is 2. The highest BCUT2D eigenvalue weighted by Crippen LogP contribution is 2.13. The second-order valence-corrected chi connectivity index (χ2v) is 4.08. The predicted molar refractivity (Wildman–Crippen MR) is 60.5 cm³/mol. The number of nitrogens with one attached hydrogen (secondary N) is 1. The number of rotatable bonds is 1. The number of carbonyl (C=O) groups excluding carboxylic acids is 1. The monoisotopic (exact) mass is 241 g/mol. The van der Waals surface area contributed by atoms with Crippen molar-refractivity contribution in [3.8, 4) is 0 Å². The van der Waals surface area contributed by atoms with Gasteiger partial charge in [-0.05, 0) is 18.6 Å². The number of hydrogen-bond acceptors (Lipinski definition) is 3. The molecule has 2 amide bonds. The minimum atomic E-state index is -0.408. The maximum absolute atomic E-state index is 11.7. The Balaban J connectivity index is 1.94. The van der Waals surface area contributed by atoms with Gasteiger partial charge in [0.1, 0.15) is 5.15 Å². The van der Waals surface area contributed by atoms with E-state index in [2.05, 4.69) is 10.3 Å². The van der Waals surface area contributed by atoms with Gasteiger partial charge in [-0.1, -0.05) is 11.6 Å². The third-order valence-electron chi connectivity index (χ3n) is 2.43. The van der Waals surface area contributed by atoms with Crippen LogP contribution >= 0.6 is 11.6 Å². The van der Waals surface area contributed by atoms with Crippen molar-refractivity contribution in [3.63, 3.8) is 0 Å². The Morgan fingerprint density at radius 2 is 2.44 bits per heavy atom. The maximum atomic E-state index is 11.7. The van der Waals surface area contributed by atoms with Crippen LogP contribution in [0.25, 0.3) is 0 Å². The first-order chi connectivity index (χ1) is 7.65. The third kappa shape index (κ3) is 2.62. The Morgan fingerprint density at radius 3 is 3.00 bits per heavy atom. The highest BCUT2D eigenvalue weighted by Gasteiger charge is 2.24. The lowest BCUT2D eigenvalue weighted by molar-refractivity contribution is 0.176. The van der Waals surface area contributed by atoms with Crippen molar-refractivity contribution in [2.75, 3.05) is 18.4 Å². The molecular weight excluding hydrogens is 230 g/mol. The summed E-state index contributed by atoms with van der Waals surface area (Å²) >= 11 is 5.63. The summed E-state index contributed by atoms with van der Waals surface area (Å²) in [4.78, 5) is 17.1. The zero-order chi connectivity index (χ0) is 11.5. The Morgan fingerprint density at radius 1 is 1.62 bits per heavy atom. The minimum absolute atomic E-state index is 0.222. The lowest BCUT2D eigenvalue weighted by atomic mass is 10.3. The summed E-state index contributed by atoms with van der Waals surface area (Å²) in [5.74, 6) is 0. The quantitative estimate of drug-likeness (QED) is 0.729. The number of hydrogen-bond donors (Lipinski definition) is 2. The molecular formula is C10H12ClN3O2. The van der Waals surface area contributed by atoms with Gasteiger partial charge in [0.05, 0.1) is 18.0 Å². The molecule has 6 heteroatoms. The van der Waals surface area contributed by atoms with Crippen LogP contribution in [0.4, 0.5) is 10.5 Å². The van der Waals surface area contributed by atoms with Crippen LogP contribution in [0.2, 0.25) is 5.15 Å². The van der Waals surface area contributed by atoms with Crippen LogP contribution < -0.4 is 5.32 Å². The van der Waals surface area contributed by atoms with E-state index in [1.165, 1.54) is 6.20 Å². The average molecular weight is 242 g/mol. The number of likely N-dealkylation sites (tertiary alicyclic amines) is 1. The lowest BCUT2D eigenvalue weighted by Crippen LogP contribution is -2.33. The van der Waals surface area contributed by atoms with Gasteiger partial charge in [0.15, 0.2) is 0 Å². The van der Waals surface area contributed by atoms with Crippen LogP contribution in [0.15, 0.2) is 18.3 Å². The molecule has 1 saturated heterocycles. The standard InChI is InChI=1S/C10H12ClN3O2/c11-9-2-1-7(5-12-9)13-10(16)14-4-3-8(15)6-14/h1-2,5,8,15H,3-4,6H2,(H,13,16). The van der Waals surface area contributed by atoms with Crippen molar-refractivity contribution in [1.29, 1.82) is 0 Å². The van der Waals surface area contributed by atoms with Gasteiger partial charge in [-0.15, -0.1) is 0 Å². The second-order valence-electron chi connectivity index (χ2n) is 3.69. The summed E-state index contributed by atoms with van der Waals surface area (Å²) in [5, 5.41) is 12.4. The number of amides is 2. The van der Waals surface area contributed by atoms with Gasteiger partial charge >= 0.3 is 6.03 Å². The van der Waals surface area contributed by atoms with Crippen molar-refractivity contribution in [2.45, 2.75) is 12.5 Å². The minimum Gasteiger partial charge on any atom is -0.391 e. The van der Waals surface area contributed by atoms with Gasteiger partial charge in [0, 0.05) is 13.1 Å². The first kappa shape index (κ1) is 11.2. The summed E-state index contributed by atoms with van der Waals surface area (Å²) in [6.45, 7) is 0.959. The van der Waals surface area contributed by atoms with E-state index in [4.69, 9.17) is 11.6 Å². The number of halogens is 1. The van der Waals surface area contributed by atoms with Crippen LogP contribution in [-0.4, -0.2) is 40.2 Å². The SMILES string of the molecule is O=C(Nc1ccc(Cl)nc1)N1CCC(O)C1. The van der Waals surface area contributed by atoms with Crippen LogP contribution in [0.5, 0.6) is 0 Å². The fourth-order valence-corrected chi connectivity index (χ4v) is 1.69. The van der Waals surface area contributed by atoms with Gasteiger partial charge in [-0.3, -0.25) is 0 Å². The number of aromatic nitrogens is 1. The lowest BCUT2D eigenvalue weighted by Gasteiger charge is -2.16. The molecule has 0 spiro atoms. The molecule has 5 nitrogen and oxygen atoms in total. The highest BCUT2D eigenvalue weighted by molar-refractivity contribution is 6.29. The van der Waals surface area contributed by atoms with Gasteiger partial charge in [-0.25, -0.2) is 9.78 Å². The molecule has 2 heterocycles. The van der Waals surface area contributed by atoms with Gasteiger partial charge in [0.2, 0.25) is 0 Å². The summed E-state index contributed by atoms with van der Waals surface area (Å²) in [5.41, 5.74) is 0.593. The summed E-state index contributed by atoms with van der Waals surface area (Å²) in [6, 6.07) is 3.07. The first-order valence-electron chi connectivity index (χ1n) is 5.01. The zero-order valence-electron chi connectivity index (χ0n) is 8.56. The number of pyridine rings is 1. The van der Waals surface area contributed by atoms with Crippen LogP contribution in [0, 0.1) is 0 Å². The van der Waals surface area contributed by atoms with Crippen molar-refractivity contribution < 1.29 is 9.90 Å². The summed E-state index contributed by atoms with van der Waals surface area (Å²) in [7, 11) is 0. The van der Waals surface area contributed by atoms with E-state index in [0.29, 0.717) is 30.4 Å². The van der Waals surface area contributed by atoms with Gasteiger partial charge in [-0.2, -0.15) is 0 Å². The molecule has 1 aromatic rings. The van der Waals surface area contributed by atoms with Crippen molar-refractivity contribution in [3.05, 3.63) is 23.5 Å². The zero-order valence-corrected chi connectivity index (χ0v) is 9.31. The number of aliphatic hydroxyl groups excluding tert-OH is 1. The molecule has 2 N–H and O–H groups in total. The molecule has 1 unspecified atom stereocenters. The number of anilines is 1. The molecule has 0 radical (unpaired) electrons.